The fourth-order valence-corrected chi connectivity index (χ4v) is 2.10. The van der Waals surface area contributed by atoms with E-state index in [4.69, 9.17) is 9.47 Å². The molecule has 1 fully saturated rings. The third-order valence-electron chi connectivity index (χ3n) is 3.34. The molecule has 1 unspecified atom stereocenters. The van der Waals surface area contributed by atoms with Gasteiger partial charge >= 0.3 is 0 Å². The number of hydrogen-bond acceptors (Lipinski definition) is 5. The lowest BCUT2D eigenvalue weighted by atomic mass is 9.97. The Hall–Kier alpha value is -1.14. The van der Waals surface area contributed by atoms with Crippen LogP contribution in [0, 0.1) is 6.92 Å². The first-order valence-corrected chi connectivity index (χ1v) is 6.46. The molecule has 0 saturated carbocycles. The number of hydrogen-bond donors (Lipinski definition) is 3. The molecule has 0 bridgehead atoms. The predicted octanol–water partition coefficient (Wildman–Crippen LogP) is 0.591. The fourth-order valence-electron chi connectivity index (χ4n) is 2.10. The number of ether oxygens (including phenoxy) is 2. The predicted molar refractivity (Wildman–Crippen MR) is 68.8 cm³/mol. The smallest absolute Gasteiger partial charge is 0.229 e. The normalized spacial score (nSPS) is 35.1. The Labute approximate surface area is 112 Å². The molecule has 3 N–H and O–H groups in total. The van der Waals surface area contributed by atoms with E-state index >= 15 is 0 Å². The molecule has 5 nitrogen and oxygen atoms in total. The van der Waals surface area contributed by atoms with Crippen molar-refractivity contribution in [3.05, 3.63) is 29.8 Å². The van der Waals surface area contributed by atoms with E-state index in [1.807, 2.05) is 26.0 Å². The van der Waals surface area contributed by atoms with Crippen LogP contribution < -0.4 is 4.74 Å². The number of rotatable bonds is 3. The van der Waals surface area contributed by atoms with Crippen LogP contribution in [0.1, 0.15) is 18.9 Å². The van der Waals surface area contributed by atoms with Gasteiger partial charge in [0.1, 0.15) is 24.1 Å². The Kier molecular flexibility index (Phi) is 4.42. The van der Waals surface area contributed by atoms with Crippen LogP contribution in [0.15, 0.2) is 24.3 Å². The van der Waals surface area contributed by atoms with E-state index in [0.717, 1.165) is 5.56 Å². The largest absolute Gasteiger partial charge is 0.462 e. The molecule has 0 aliphatic carbocycles. The van der Waals surface area contributed by atoms with Crippen LogP contribution in [-0.4, -0.2) is 46.0 Å². The zero-order chi connectivity index (χ0) is 14.0. The molecule has 0 spiro atoms. The van der Waals surface area contributed by atoms with Gasteiger partial charge < -0.3 is 24.8 Å². The standard InChI is InChI=1S/C14H20O5/c1-3-10-11(15)12(16)13(17)14(19-10)18-9-6-4-8(2)5-7-9/h4-7,10-17H,3H2,1-2H3/t10-,11?,12+,13+,14+/m1/s1. The van der Waals surface area contributed by atoms with E-state index in [0.29, 0.717) is 12.2 Å². The average molecular weight is 268 g/mol. The maximum absolute atomic E-state index is 9.88. The minimum atomic E-state index is -1.28. The van der Waals surface area contributed by atoms with Gasteiger partial charge in [-0.2, -0.15) is 0 Å². The van der Waals surface area contributed by atoms with Crippen LogP contribution >= 0.6 is 0 Å². The van der Waals surface area contributed by atoms with Crippen molar-refractivity contribution in [2.45, 2.75) is 51.0 Å². The Balaban J connectivity index is 2.08. The molecular formula is C14H20O5. The van der Waals surface area contributed by atoms with Crippen LogP contribution in [0.5, 0.6) is 5.75 Å². The van der Waals surface area contributed by atoms with Crippen LogP contribution in [0.2, 0.25) is 0 Å². The second-order valence-electron chi connectivity index (χ2n) is 4.85. The van der Waals surface area contributed by atoms with Gasteiger partial charge in [-0.25, -0.2) is 0 Å². The maximum Gasteiger partial charge on any atom is 0.229 e. The summed E-state index contributed by atoms with van der Waals surface area (Å²) in [5.41, 5.74) is 1.10. The van der Waals surface area contributed by atoms with Crippen molar-refractivity contribution in [3.63, 3.8) is 0 Å². The van der Waals surface area contributed by atoms with Gasteiger partial charge in [0.25, 0.3) is 0 Å². The molecule has 0 radical (unpaired) electrons. The minimum absolute atomic E-state index is 0.526. The second-order valence-corrected chi connectivity index (χ2v) is 4.85. The van der Waals surface area contributed by atoms with Gasteiger partial charge in [0, 0.05) is 0 Å². The van der Waals surface area contributed by atoms with E-state index in [9.17, 15) is 15.3 Å². The van der Waals surface area contributed by atoms with E-state index in [1.165, 1.54) is 0 Å². The zero-order valence-corrected chi connectivity index (χ0v) is 11.1. The monoisotopic (exact) mass is 268 g/mol. The molecule has 106 valence electrons. The Morgan fingerprint density at radius 2 is 1.68 bits per heavy atom. The first-order valence-electron chi connectivity index (χ1n) is 6.46. The molecule has 19 heavy (non-hydrogen) atoms. The molecule has 1 saturated heterocycles. The van der Waals surface area contributed by atoms with Crippen molar-refractivity contribution in [1.29, 1.82) is 0 Å². The van der Waals surface area contributed by atoms with Crippen molar-refractivity contribution in [1.82, 2.24) is 0 Å². The maximum atomic E-state index is 9.88. The second kappa shape index (κ2) is 5.88. The summed E-state index contributed by atoms with van der Waals surface area (Å²) < 4.78 is 11.0. The molecular weight excluding hydrogens is 248 g/mol. The molecule has 1 aromatic carbocycles. The van der Waals surface area contributed by atoms with Gasteiger partial charge in [-0.3, -0.25) is 0 Å². The lowest BCUT2D eigenvalue weighted by Crippen LogP contribution is -2.58. The van der Waals surface area contributed by atoms with Crippen LogP contribution in [0.4, 0.5) is 0 Å². The van der Waals surface area contributed by atoms with Crippen LogP contribution in [0.25, 0.3) is 0 Å². The van der Waals surface area contributed by atoms with Crippen molar-refractivity contribution >= 4 is 0 Å². The summed E-state index contributed by atoms with van der Waals surface area (Å²) in [5.74, 6) is 0.549. The number of aliphatic hydroxyl groups excluding tert-OH is 3. The van der Waals surface area contributed by atoms with E-state index in [-0.39, 0.29) is 0 Å². The highest BCUT2D eigenvalue weighted by Crippen LogP contribution is 2.25. The molecule has 1 aromatic rings. The zero-order valence-electron chi connectivity index (χ0n) is 11.1. The van der Waals surface area contributed by atoms with Gasteiger partial charge in [-0.05, 0) is 25.5 Å². The van der Waals surface area contributed by atoms with Gasteiger partial charge in [0.2, 0.25) is 6.29 Å². The SMILES string of the molecule is CC[C@H]1O[C@H](Oc2ccc(C)cc2)[C@@H](O)[C@@H](O)C1O. The number of aryl methyl sites for hydroxylation is 1. The van der Waals surface area contributed by atoms with Gasteiger partial charge in [-0.15, -0.1) is 0 Å². The highest BCUT2D eigenvalue weighted by molar-refractivity contribution is 5.26. The highest BCUT2D eigenvalue weighted by Gasteiger charge is 2.44. The minimum Gasteiger partial charge on any atom is -0.462 e. The van der Waals surface area contributed by atoms with Crippen molar-refractivity contribution in [3.8, 4) is 5.75 Å². The molecule has 1 aliphatic rings. The number of benzene rings is 1. The highest BCUT2D eigenvalue weighted by atomic mass is 16.7. The molecule has 2 rings (SSSR count). The Morgan fingerprint density at radius 1 is 1.05 bits per heavy atom. The van der Waals surface area contributed by atoms with Crippen LogP contribution in [-0.2, 0) is 4.74 Å². The van der Waals surface area contributed by atoms with Crippen LogP contribution in [0.3, 0.4) is 0 Å². The molecule has 5 heteroatoms. The first-order chi connectivity index (χ1) is 9.02. The summed E-state index contributed by atoms with van der Waals surface area (Å²) in [6.45, 7) is 3.80. The van der Waals surface area contributed by atoms with Gasteiger partial charge in [-0.1, -0.05) is 24.6 Å². The van der Waals surface area contributed by atoms with E-state index < -0.39 is 30.7 Å². The summed E-state index contributed by atoms with van der Waals surface area (Å²) in [5, 5.41) is 29.4. The molecule has 1 heterocycles. The van der Waals surface area contributed by atoms with E-state index in [2.05, 4.69) is 0 Å². The lowest BCUT2D eigenvalue weighted by molar-refractivity contribution is -0.272. The molecule has 0 amide bonds. The Morgan fingerprint density at radius 3 is 2.26 bits per heavy atom. The first kappa shape index (κ1) is 14.3. The van der Waals surface area contributed by atoms with Crippen molar-refractivity contribution in [2.24, 2.45) is 0 Å². The molecule has 1 aliphatic heterocycles. The molecule has 5 atom stereocenters. The summed E-state index contributed by atoms with van der Waals surface area (Å²) in [6.07, 6.45) is -4.65. The van der Waals surface area contributed by atoms with Crippen molar-refractivity contribution in [2.75, 3.05) is 0 Å². The Bertz CT molecular complexity index is 403. The third kappa shape index (κ3) is 3.06. The van der Waals surface area contributed by atoms with E-state index in [1.54, 1.807) is 12.1 Å². The summed E-state index contributed by atoms with van der Waals surface area (Å²) in [6, 6.07) is 7.30. The quantitative estimate of drug-likeness (QED) is 0.748. The summed E-state index contributed by atoms with van der Waals surface area (Å²) in [4.78, 5) is 0. The average Bonchev–Trinajstić information content (AvgIpc) is 2.42. The summed E-state index contributed by atoms with van der Waals surface area (Å²) >= 11 is 0. The number of aliphatic hydroxyl groups is 3. The van der Waals surface area contributed by atoms with Crippen molar-refractivity contribution < 1.29 is 24.8 Å². The fraction of sp³-hybridized carbons (Fsp3) is 0.571. The van der Waals surface area contributed by atoms with Gasteiger partial charge in [0.05, 0.1) is 6.10 Å². The summed E-state index contributed by atoms with van der Waals surface area (Å²) in [7, 11) is 0. The third-order valence-corrected chi connectivity index (χ3v) is 3.34. The topological polar surface area (TPSA) is 79.2 Å². The van der Waals surface area contributed by atoms with Gasteiger partial charge in [0.15, 0.2) is 0 Å². The lowest BCUT2D eigenvalue weighted by Gasteiger charge is -2.40. The molecule has 0 aromatic heterocycles.